The van der Waals surface area contributed by atoms with Crippen LogP contribution in [0.3, 0.4) is 0 Å². The van der Waals surface area contributed by atoms with Crippen LogP contribution in [0.1, 0.15) is 27.7 Å². The molecular formula is C19H30BN5O3Si. The molecule has 0 atom stereocenters. The van der Waals surface area contributed by atoms with Gasteiger partial charge in [0.1, 0.15) is 6.73 Å². The summed E-state index contributed by atoms with van der Waals surface area (Å²) in [5.41, 5.74) is 9.68. The van der Waals surface area contributed by atoms with E-state index in [0.717, 1.165) is 22.4 Å². The number of nitrogens with zero attached hydrogens (tertiary/aromatic N) is 5. The van der Waals surface area contributed by atoms with E-state index in [2.05, 4.69) is 34.7 Å². The van der Waals surface area contributed by atoms with E-state index in [1.54, 1.807) is 6.20 Å². The Morgan fingerprint density at radius 2 is 1.90 bits per heavy atom. The molecule has 3 rings (SSSR count). The first-order valence-corrected chi connectivity index (χ1v) is 13.6. The molecule has 156 valence electrons. The molecule has 29 heavy (non-hydrogen) atoms. The van der Waals surface area contributed by atoms with E-state index in [4.69, 9.17) is 19.6 Å². The summed E-state index contributed by atoms with van der Waals surface area (Å²) >= 11 is 0. The first-order valence-electron chi connectivity index (χ1n) is 9.91. The molecule has 0 aromatic carbocycles. The molecule has 2 aromatic heterocycles. The Hall–Kier alpha value is -1.84. The third-order valence-corrected chi connectivity index (χ3v) is 7.38. The average molecular weight is 415 g/mol. The number of ether oxygens (including phenoxy) is 1. The van der Waals surface area contributed by atoms with Crippen LogP contribution in [-0.2, 0) is 20.8 Å². The van der Waals surface area contributed by atoms with Gasteiger partial charge in [-0.1, -0.05) is 19.6 Å². The van der Waals surface area contributed by atoms with E-state index >= 15 is 0 Å². The monoisotopic (exact) mass is 415 g/mol. The van der Waals surface area contributed by atoms with Crippen molar-refractivity contribution in [1.82, 2.24) is 9.55 Å². The number of fused-ring (bicyclic) bond motifs is 1. The van der Waals surface area contributed by atoms with Crippen LogP contribution in [0.2, 0.25) is 25.7 Å². The minimum absolute atomic E-state index is 0.321. The fraction of sp³-hybridized carbons (Fsp3) is 0.632. The van der Waals surface area contributed by atoms with E-state index < -0.39 is 26.4 Å². The van der Waals surface area contributed by atoms with Gasteiger partial charge in [-0.3, -0.25) is 4.98 Å². The van der Waals surface area contributed by atoms with Crippen LogP contribution < -0.4 is 5.46 Å². The molecule has 1 saturated heterocycles. The summed E-state index contributed by atoms with van der Waals surface area (Å²) in [6.07, 6.45) is 3.59. The highest BCUT2D eigenvalue weighted by Crippen LogP contribution is 2.37. The molecule has 0 saturated carbocycles. The quantitative estimate of drug-likeness (QED) is 0.217. The van der Waals surface area contributed by atoms with Crippen molar-refractivity contribution in [2.24, 2.45) is 5.11 Å². The summed E-state index contributed by atoms with van der Waals surface area (Å²) in [7, 11) is -1.70. The molecule has 0 aliphatic carbocycles. The summed E-state index contributed by atoms with van der Waals surface area (Å²) in [6.45, 7) is 16.1. The van der Waals surface area contributed by atoms with Crippen molar-refractivity contribution in [1.29, 1.82) is 0 Å². The van der Waals surface area contributed by atoms with Crippen LogP contribution in [-0.4, -0.2) is 42.6 Å². The first kappa shape index (κ1) is 21.9. The SMILES string of the molecule is CC1(C)OB(c2cn(COCC[Si](C)(C)C)c3c(N=[N+]=[N-])nccc23)OC1(C)C. The first-order chi connectivity index (χ1) is 13.5. The summed E-state index contributed by atoms with van der Waals surface area (Å²) < 4.78 is 20.4. The van der Waals surface area contributed by atoms with Gasteiger partial charge >= 0.3 is 7.12 Å². The van der Waals surface area contributed by atoms with Crippen molar-refractivity contribution >= 4 is 37.4 Å². The maximum Gasteiger partial charge on any atom is 0.497 e. The van der Waals surface area contributed by atoms with Crippen molar-refractivity contribution in [3.63, 3.8) is 0 Å². The maximum atomic E-state index is 8.96. The van der Waals surface area contributed by atoms with Gasteiger partial charge in [-0.15, -0.1) is 0 Å². The van der Waals surface area contributed by atoms with Gasteiger partial charge in [-0.05, 0) is 50.5 Å². The zero-order chi connectivity index (χ0) is 21.4. The fourth-order valence-corrected chi connectivity index (χ4v) is 3.93. The lowest BCUT2D eigenvalue weighted by Gasteiger charge is -2.32. The Kier molecular flexibility index (Phi) is 5.86. The Morgan fingerprint density at radius 1 is 1.24 bits per heavy atom. The third-order valence-electron chi connectivity index (χ3n) is 5.67. The van der Waals surface area contributed by atoms with Crippen molar-refractivity contribution in [2.75, 3.05) is 6.61 Å². The molecule has 8 nitrogen and oxygen atoms in total. The highest BCUT2D eigenvalue weighted by molar-refractivity contribution is 6.76. The fourth-order valence-electron chi connectivity index (χ4n) is 3.18. The second kappa shape index (κ2) is 7.77. The van der Waals surface area contributed by atoms with E-state index in [1.807, 2.05) is 44.5 Å². The number of hydrogen-bond acceptors (Lipinski definition) is 5. The normalized spacial score (nSPS) is 18.2. The number of azide groups is 1. The van der Waals surface area contributed by atoms with Crippen LogP contribution in [0, 0.1) is 0 Å². The predicted molar refractivity (Wildman–Crippen MR) is 118 cm³/mol. The molecular weight excluding hydrogens is 385 g/mol. The summed E-state index contributed by atoms with van der Waals surface area (Å²) in [6, 6.07) is 2.97. The van der Waals surface area contributed by atoms with Crippen molar-refractivity contribution in [3.05, 3.63) is 28.9 Å². The number of rotatable bonds is 7. The minimum atomic E-state index is -1.17. The Labute approximate surface area is 173 Å². The Morgan fingerprint density at radius 3 is 2.48 bits per heavy atom. The predicted octanol–water partition coefficient (Wildman–Crippen LogP) is 4.59. The minimum Gasteiger partial charge on any atom is -0.399 e. The molecule has 2 aromatic rings. The topological polar surface area (TPSA) is 94.3 Å². The Bertz CT molecular complexity index is 931. The van der Waals surface area contributed by atoms with Crippen molar-refractivity contribution < 1.29 is 14.0 Å². The van der Waals surface area contributed by atoms with Crippen molar-refractivity contribution in [2.45, 2.75) is 71.3 Å². The second-order valence-electron chi connectivity index (χ2n) is 9.71. The second-order valence-corrected chi connectivity index (χ2v) is 15.3. The van der Waals surface area contributed by atoms with Gasteiger partial charge in [0, 0.05) is 42.8 Å². The van der Waals surface area contributed by atoms with Gasteiger partial charge in [0.2, 0.25) is 0 Å². The van der Waals surface area contributed by atoms with Crippen LogP contribution >= 0.6 is 0 Å². The molecule has 0 unspecified atom stereocenters. The van der Waals surface area contributed by atoms with E-state index in [0.29, 0.717) is 19.2 Å². The summed E-state index contributed by atoms with van der Waals surface area (Å²) in [5.74, 6) is 0.321. The zero-order valence-corrected chi connectivity index (χ0v) is 19.4. The van der Waals surface area contributed by atoms with E-state index in [1.165, 1.54) is 0 Å². The molecule has 0 bridgehead atoms. The van der Waals surface area contributed by atoms with Crippen LogP contribution in [0.4, 0.5) is 5.82 Å². The molecule has 10 heteroatoms. The van der Waals surface area contributed by atoms with Gasteiger partial charge in [-0.2, -0.15) is 0 Å². The largest absolute Gasteiger partial charge is 0.497 e. The van der Waals surface area contributed by atoms with E-state index in [9.17, 15) is 0 Å². The number of aromatic nitrogens is 2. The standard InChI is InChI=1S/C19H30BN5O3Si/c1-18(2)19(3,4)28-20(27-18)15-12-25(13-26-10-11-29(5,6)7)16-14(15)8-9-22-17(16)23-24-21/h8-9,12H,10-11,13H2,1-7H3. The molecule has 3 heterocycles. The average Bonchev–Trinajstić information content (AvgIpc) is 3.06. The van der Waals surface area contributed by atoms with Crippen molar-refractivity contribution in [3.8, 4) is 0 Å². The van der Waals surface area contributed by atoms with Gasteiger partial charge in [0.05, 0.1) is 16.7 Å². The Balaban J connectivity index is 1.97. The van der Waals surface area contributed by atoms with Gasteiger partial charge in [0.25, 0.3) is 0 Å². The summed E-state index contributed by atoms with van der Waals surface area (Å²) in [4.78, 5) is 7.18. The lowest BCUT2D eigenvalue weighted by Crippen LogP contribution is -2.41. The number of hydrogen-bond donors (Lipinski definition) is 0. The molecule has 1 aliphatic rings. The maximum absolute atomic E-state index is 8.96. The highest BCUT2D eigenvalue weighted by atomic mass is 28.3. The van der Waals surface area contributed by atoms with Gasteiger partial charge < -0.3 is 18.6 Å². The number of pyridine rings is 1. The van der Waals surface area contributed by atoms with Crippen LogP contribution in [0.15, 0.2) is 23.6 Å². The zero-order valence-electron chi connectivity index (χ0n) is 18.4. The lowest BCUT2D eigenvalue weighted by atomic mass is 9.79. The smallest absolute Gasteiger partial charge is 0.399 e. The molecule has 0 radical (unpaired) electrons. The molecule has 0 amide bonds. The molecule has 1 fully saturated rings. The third kappa shape index (κ3) is 4.51. The van der Waals surface area contributed by atoms with Gasteiger partial charge in [0.15, 0.2) is 5.82 Å². The lowest BCUT2D eigenvalue weighted by molar-refractivity contribution is 0.00578. The highest BCUT2D eigenvalue weighted by Gasteiger charge is 2.52. The van der Waals surface area contributed by atoms with Crippen LogP contribution in [0.5, 0.6) is 0 Å². The molecule has 0 spiro atoms. The van der Waals surface area contributed by atoms with E-state index in [-0.39, 0.29) is 0 Å². The summed E-state index contributed by atoms with van der Waals surface area (Å²) in [5, 5.41) is 4.66. The molecule has 1 aliphatic heterocycles. The van der Waals surface area contributed by atoms with Gasteiger partial charge in [-0.25, -0.2) is 0 Å². The van der Waals surface area contributed by atoms with Crippen LogP contribution in [0.25, 0.3) is 21.3 Å². The molecule has 0 N–H and O–H groups in total.